The van der Waals surface area contributed by atoms with Crippen LogP contribution in [0.15, 0.2) is 24.3 Å². The highest BCUT2D eigenvalue weighted by molar-refractivity contribution is 6.29. The van der Waals surface area contributed by atoms with Gasteiger partial charge in [0.2, 0.25) is 5.91 Å². The summed E-state index contributed by atoms with van der Waals surface area (Å²) in [5.74, 6) is 1.33. The molecule has 0 bridgehead atoms. The van der Waals surface area contributed by atoms with E-state index >= 15 is 0 Å². The highest BCUT2D eigenvalue weighted by Gasteiger charge is 2.22. The molecule has 0 spiro atoms. The van der Waals surface area contributed by atoms with Crippen LogP contribution in [0.5, 0.6) is 5.75 Å². The summed E-state index contributed by atoms with van der Waals surface area (Å²) in [5, 5.41) is 0. The number of alkyl halides is 1. The van der Waals surface area contributed by atoms with Gasteiger partial charge in [-0.2, -0.15) is 0 Å². The SMILES string of the molecule is COc1cccc(N(CC2CCCCC2)C(=O)CCl)c1. The van der Waals surface area contributed by atoms with Gasteiger partial charge >= 0.3 is 0 Å². The predicted molar refractivity (Wildman–Crippen MR) is 82.6 cm³/mol. The maximum Gasteiger partial charge on any atom is 0.241 e. The minimum Gasteiger partial charge on any atom is -0.497 e. The molecule has 1 aromatic carbocycles. The third-order valence-electron chi connectivity index (χ3n) is 3.95. The number of carbonyl (C=O) groups is 1. The molecule has 4 heteroatoms. The van der Waals surface area contributed by atoms with Crippen molar-refractivity contribution in [3.05, 3.63) is 24.3 Å². The highest BCUT2D eigenvalue weighted by Crippen LogP contribution is 2.28. The molecule has 1 aliphatic carbocycles. The molecule has 20 heavy (non-hydrogen) atoms. The van der Waals surface area contributed by atoms with Crippen LogP contribution < -0.4 is 9.64 Å². The Morgan fingerprint density at radius 2 is 2.10 bits per heavy atom. The van der Waals surface area contributed by atoms with E-state index in [1.807, 2.05) is 29.2 Å². The van der Waals surface area contributed by atoms with Crippen molar-refractivity contribution in [2.45, 2.75) is 32.1 Å². The minimum absolute atomic E-state index is 0.0178. The molecule has 1 aliphatic rings. The third-order valence-corrected chi connectivity index (χ3v) is 4.17. The van der Waals surface area contributed by atoms with Crippen LogP contribution in [0.4, 0.5) is 5.69 Å². The first kappa shape index (κ1) is 15.2. The van der Waals surface area contributed by atoms with E-state index in [9.17, 15) is 4.79 Å². The van der Waals surface area contributed by atoms with Gasteiger partial charge in [-0.05, 0) is 30.9 Å². The number of nitrogens with zero attached hydrogens (tertiary/aromatic N) is 1. The number of benzene rings is 1. The van der Waals surface area contributed by atoms with Crippen LogP contribution in [0, 0.1) is 5.92 Å². The van der Waals surface area contributed by atoms with Crippen molar-refractivity contribution < 1.29 is 9.53 Å². The summed E-state index contributed by atoms with van der Waals surface area (Å²) in [6.45, 7) is 0.763. The van der Waals surface area contributed by atoms with Gasteiger partial charge in [-0.15, -0.1) is 11.6 Å². The molecule has 110 valence electrons. The summed E-state index contributed by atoms with van der Waals surface area (Å²) in [6, 6.07) is 7.63. The van der Waals surface area contributed by atoms with Crippen molar-refractivity contribution in [1.29, 1.82) is 0 Å². The largest absolute Gasteiger partial charge is 0.497 e. The lowest BCUT2D eigenvalue weighted by molar-refractivity contribution is -0.116. The van der Waals surface area contributed by atoms with Crippen LogP contribution in [0.1, 0.15) is 32.1 Å². The maximum atomic E-state index is 12.1. The fourth-order valence-electron chi connectivity index (χ4n) is 2.83. The van der Waals surface area contributed by atoms with Crippen molar-refractivity contribution >= 4 is 23.2 Å². The number of halogens is 1. The molecule has 0 unspecified atom stereocenters. The second-order valence-electron chi connectivity index (χ2n) is 5.34. The number of rotatable bonds is 5. The third kappa shape index (κ3) is 3.89. The summed E-state index contributed by atoms with van der Waals surface area (Å²) in [5.41, 5.74) is 0.876. The fraction of sp³-hybridized carbons (Fsp3) is 0.562. The molecular weight excluding hydrogens is 274 g/mol. The Kier molecular flexibility index (Phi) is 5.72. The lowest BCUT2D eigenvalue weighted by atomic mass is 9.89. The second-order valence-corrected chi connectivity index (χ2v) is 5.61. The zero-order chi connectivity index (χ0) is 14.4. The van der Waals surface area contributed by atoms with Crippen molar-refractivity contribution in [2.75, 3.05) is 24.4 Å². The first-order valence-electron chi connectivity index (χ1n) is 7.25. The normalized spacial score (nSPS) is 15.9. The summed E-state index contributed by atoms with van der Waals surface area (Å²) in [4.78, 5) is 13.9. The van der Waals surface area contributed by atoms with Gasteiger partial charge in [-0.3, -0.25) is 4.79 Å². The molecule has 1 saturated carbocycles. The maximum absolute atomic E-state index is 12.1. The van der Waals surface area contributed by atoms with Crippen LogP contribution in [0.2, 0.25) is 0 Å². The van der Waals surface area contributed by atoms with E-state index in [0.717, 1.165) is 18.0 Å². The van der Waals surface area contributed by atoms with E-state index in [-0.39, 0.29) is 11.8 Å². The van der Waals surface area contributed by atoms with E-state index in [0.29, 0.717) is 5.92 Å². The van der Waals surface area contributed by atoms with E-state index in [4.69, 9.17) is 16.3 Å². The van der Waals surface area contributed by atoms with Gasteiger partial charge in [0, 0.05) is 18.3 Å². The number of amides is 1. The predicted octanol–water partition coefficient (Wildman–Crippen LogP) is 3.85. The number of hydrogen-bond acceptors (Lipinski definition) is 2. The molecule has 2 rings (SSSR count). The number of carbonyl (C=O) groups excluding carboxylic acids is 1. The quantitative estimate of drug-likeness (QED) is 0.772. The molecule has 0 heterocycles. The number of hydrogen-bond donors (Lipinski definition) is 0. The first-order valence-corrected chi connectivity index (χ1v) is 7.78. The Labute approximate surface area is 125 Å². The van der Waals surface area contributed by atoms with E-state index < -0.39 is 0 Å². The fourth-order valence-corrected chi connectivity index (χ4v) is 2.97. The molecule has 1 fully saturated rings. The van der Waals surface area contributed by atoms with Crippen LogP contribution in [0.3, 0.4) is 0 Å². The molecule has 0 N–H and O–H groups in total. The molecule has 0 saturated heterocycles. The standard InChI is InChI=1S/C16H22ClNO2/c1-20-15-9-5-8-14(10-15)18(16(19)11-17)12-13-6-3-2-4-7-13/h5,8-10,13H,2-4,6-7,11-12H2,1H3. The monoisotopic (exact) mass is 295 g/mol. The summed E-state index contributed by atoms with van der Waals surface area (Å²) < 4.78 is 5.24. The summed E-state index contributed by atoms with van der Waals surface area (Å²) in [7, 11) is 1.63. The Morgan fingerprint density at radius 1 is 1.35 bits per heavy atom. The van der Waals surface area contributed by atoms with Crippen molar-refractivity contribution in [2.24, 2.45) is 5.92 Å². The van der Waals surface area contributed by atoms with Gasteiger partial charge in [-0.1, -0.05) is 25.3 Å². The Hall–Kier alpha value is -1.22. The lowest BCUT2D eigenvalue weighted by Crippen LogP contribution is -2.37. The van der Waals surface area contributed by atoms with E-state index in [2.05, 4.69) is 0 Å². The average Bonchev–Trinajstić information content (AvgIpc) is 2.53. The van der Waals surface area contributed by atoms with Crippen LogP contribution in [-0.4, -0.2) is 25.4 Å². The molecule has 0 aromatic heterocycles. The second kappa shape index (κ2) is 7.53. The first-order chi connectivity index (χ1) is 9.74. The molecule has 0 aliphatic heterocycles. The van der Waals surface area contributed by atoms with Crippen LogP contribution >= 0.6 is 11.6 Å². The van der Waals surface area contributed by atoms with Gasteiger partial charge in [-0.25, -0.2) is 0 Å². The van der Waals surface area contributed by atoms with Crippen molar-refractivity contribution in [1.82, 2.24) is 0 Å². The number of ether oxygens (including phenoxy) is 1. The van der Waals surface area contributed by atoms with Crippen LogP contribution in [-0.2, 0) is 4.79 Å². The van der Waals surface area contributed by atoms with Gasteiger partial charge in [0.15, 0.2) is 0 Å². The Bertz CT molecular complexity index is 444. The van der Waals surface area contributed by atoms with Gasteiger partial charge in [0.25, 0.3) is 0 Å². The van der Waals surface area contributed by atoms with Gasteiger partial charge in [0.05, 0.1) is 7.11 Å². The Balaban J connectivity index is 2.15. The number of methoxy groups -OCH3 is 1. The van der Waals surface area contributed by atoms with Crippen LogP contribution in [0.25, 0.3) is 0 Å². The van der Waals surface area contributed by atoms with Crippen molar-refractivity contribution in [3.8, 4) is 5.75 Å². The topological polar surface area (TPSA) is 29.5 Å². The number of anilines is 1. The van der Waals surface area contributed by atoms with E-state index in [1.54, 1.807) is 7.11 Å². The molecule has 0 atom stereocenters. The molecule has 0 radical (unpaired) electrons. The molecule has 1 aromatic rings. The summed E-state index contributed by atoms with van der Waals surface area (Å²) >= 11 is 5.77. The van der Waals surface area contributed by atoms with Gasteiger partial charge < -0.3 is 9.64 Å². The van der Waals surface area contributed by atoms with Gasteiger partial charge in [0.1, 0.15) is 11.6 Å². The smallest absolute Gasteiger partial charge is 0.241 e. The molecular formula is C16H22ClNO2. The highest BCUT2D eigenvalue weighted by atomic mass is 35.5. The molecule has 3 nitrogen and oxygen atoms in total. The lowest BCUT2D eigenvalue weighted by Gasteiger charge is -2.29. The summed E-state index contributed by atoms with van der Waals surface area (Å²) in [6.07, 6.45) is 6.27. The minimum atomic E-state index is -0.0366. The zero-order valence-corrected chi connectivity index (χ0v) is 12.7. The van der Waals surface area contributed by atoms with Crippen molar-refractivity contribution in [3.63, 3.8) is 0 Å². The molecule has 1 amide bonds. The Morgan fingerprint density at radius 3 is 2.75 bits per heavy atom. The average molecular weight is 296 g/mol. The zero-order valence-electron chi connectivity index (χ0n) is 12.0. The van der Waals surface area contributed by atoms with E-state index in [1.165, 1.54) is 32.1 Å².